The summed E-state index contributed by atoms with van der Waals surface area (Å²) in [7, 11) is 0. The number of halogens is 1. The van der Waals surface area contributed by atoms with Crippen molar-refractivity contribution in [1.82, 2.24) is 29.1 Å². The summed E-state index contributed by atoms with van der Waals surface area (Å²) in [6, 6.07) is 4.53. The van der Waals surface area contributed by atoms with Gasteiger partial charge in [-0.1, -0.05) is 0 Å². The molecule has 6 rings (SSSR count). The summed E-state index contributed by atoms with van der Waals surface area (Å²) in [5.41, 5.74) is 8.88. The van der Waals surface area contributed by atoms with Crippen molar-refractivity contribution in [3.63, 3.8) is 0 Å². The zero-order chi connectivity index (χ0) is 21.7. The SMILES string of the molecule is Nc1cnc(N2CCc3c(ncn3C3CCCCO3)C2c2cc3c(F)cccn3n2)cn1. The Kier molecular flexibility index (Phi) is 4.53. The quantitative estimate of drug-likeness (QED) is 0.529. The van der Waals surface area contributed by atoms with Gasteiger partial charge in [0.05, 0.1) is 30.1 Å². The number of aromatic nitrogens is 6. The molecule has 9 nitrogen and oxygen atoms in total. The van der Waals surface area contributed by atoms with Crippen LogP contribution in [0.5, 0.6) is 0 Å². The Morgan fingerprint density at radius 3 is 2.88 bits per heavy atom. The van der Waals surface area contributed by atoms with Crippen molar-refractivity contribution < 1.29 is 9.13 Å². The normalized spacial score (nSPS) is 21.1. The van der Waals surface area contributed by atoms with E-state index in [1.807, 2.05) is 6.33 Å². The maximum Gasteiger partial charge on any atom is 0.148 e. The van der Waals surface area contributed by atoms with Crippen LogP contribution < -0.4 is 10.6 Å². The summed E-state index contributed by atoms with van der Waals surface area (Å²) < 4.78 is 24.2. The maximum atomic E-state index is 14.4. The van der Waals surface area contributed by atoms with Gasteiger partial charge in [0, 0.05) is 31.5 Å². The van der Waals surface area contributed by atoms with E-state index in [4.69, 9.17) is 20.6 Å². The predicted molar refractivity (Wildman–Crippen MR) is 116 cm³/mol. The molecule has 0 aromatic carbocycles. The Bertz CT molecular complexity index is 1260. The van der Waals surface area contributed by atoms with Gasteiger partial charge in [0.15, 0.2) is 0 Å². The highest BCUT2D eigenvalue weighted by molar-refractivity contribution is 5.54. The van der Waals surface area contributed by atoms with Crippen molar-refractivity contribution >= 4 is 17.2 Å². The molecule has 4 aromatic heterocycles. The maximum absolute atomic E-state index is 14.4. The van der Waals surface area contributed by atoms with Gasteiger partial charge < -0.3 is 19.9 Å². The fraction of sp³-hybridized carbons (Fsp3) is 0.364. The molecule has 2 aliphatic rings. The standard InChI is InChI=1S/C22H23FN8O/c23-14-4-3-7-31-17(14)10-15(28-31)22-21-16(30(13-27-21)20-5-1-2-9-32-20)6-8-29(22)19-12-25-18(24)11-26-19/h3-4,7,10-13,20,22H,1-2,5-6,8-9H2,(H2,24,25). The number of nitrogens with two attached hydrogens (primary N) is 1. The number of ether oxygens (including phenoxy) is 1. The van der Waals surface area contributed by atoms with Crippen LogP contribution in [0.4, 0.5) is 16.0 Å². The molecule has 2 unspecified atom stereocenters. The number of anilines is 2. The average Bonchev–Trinajstić information content (AvgIpc) is 3.45. The summed E-state index contributed by atoms with van der Waals surface area (Å²) in [5.74, 6) is 0.717. The van der Waals surface area contributed by atoms with E-state index in [2.05, 4.69) is 19.4 Å². The van der Waals surface area contributed by atoms with Crippen LogP contribution in [-0.2, 0) is 11.2 Å². The lowest BCUT2D eigenvalue weighted by atomic mass is 9.99. The largest absolute Gasteiger partial charge is 0.382 e. The Hall–Kier alpha value is -3.53. The van der Waals surface area contributed by atoms with Crippen LogP contribution in [-0.4, -0.2) is 42.3 Å². The average molecular weight is 434 g/mol. The third kappa shape index (κ3) is 3.10. The lowest BCUT2D eigenvalue weighted by Gasteiger charge is -2.36. The van der Waals surface area contributed by atoms with E-state index in [1.165, 1.54) is 6.07 Å². The van der Waals surface area contributed by atoms with Crippen LogP contribution >= 0.6 is 0 Å². The molecule has 2 N–H and O–H groups in total. The topological polar surface area (TPSA) is 99.4 Å². The van der Waals surface area contributed by atoms with Crippen molar-refractivity contribution in [2.75, 3.05) is 23.8 Å². The number of rotatable bonds is 3. The first kappa shape index (κ1) is 19.2. The zero-order valence-electron chi connectivity index (χ0n) is 17.4. The molecule has 0 saturated carbocycles. The van der Waals surface area contributed by atoms with Crippen LogP contribution in [0.2, 0.25) is 0 Å². The molecule has 4 aromatic rings. The summed E-state index contributed by atoms with van der Waals surface area (Å²) in [6.07, 6.45) is 10.8. The predicted octanol–water partition coefficient (Wildman–Crippen LogP) is 2.89. The summed E-state index contributed by atoms with van der Waals surface area (Å²) in [6.45, 7) is 1.45. The molecule has 6 heterocycles. The van der Waals surface area contributed by atoms with Crippen molar-refractivity contribution in [2.24, 2.45) is 0 Å². The summed E-state index contributed by atoms with van der Waals surface area (Å²) >= 11 is 0. The van der Waals surface area contributed by atoms with Gasteiger partial charge in [-0.3, -0.25) is 0 Å². The van der Waals surface area contributed by atoms with Crippen LogP contribution in [0.1, 0.15) is 48.6 Å². The highest BCUT2D eigenvalue weighted by atomic mass is 19.1. The van der Waals surface area contributed by atoms with Gasteiger partial charge >= 0.3 is 0 Å². The van der Waals surface area contributed by atoms with Gasteiger partial charge in [0.2, 0.25) is 0 Å². The van der Waals surface area contributed by atoms with Gasteiger partial charge in [-0.15, -0.1) is 0 Å². The molecule has 0 radical (unpaired) electrons. The van der Waals surface area contributed by atoms with Crippen molar-refractivity contribution in [3.8, 4) is 0 Å². The molecule has 10 heteroatoms. The lowest BCUT2D eigenvalue weighted by Crippen LogP contribution is -2.38. The van der Waals surface area contributed by atoms with Gasteiger partial charge in [0.25, 0.3) is 0 Å². The molecule has 2 aliphatic heterocycles. The van der Waals surface area contributed by atoms with Crippen LogP contribution in [0.15, 0.2) is 43.1 Å². The number of nitrogens with zero attached hydrogens (tertiary/aromatic N) is 7. The first-order chi connectivity index (χ1) is 15.7. The van der Waals surface area contributed by atoms with Gasteiger partial charge in [-0.25, -0.2) is 23.9 Å². The van der Waals surface area contributed by atoms with Gasteiger partial charge in [-0.05, 0) is 37.5 Å². The fourth-order valence-corrected chi connectivity index (χ4v) is 4.74. The molecule has 0 spiro atoms. The summed E-state index contributed by atoms with van der Waals surface area (Å²) in [5, 5.41) is 4.69. The minimum absolute atomic E-state index is 0.00188. The Morgan fingerprint density at radius 2 is 2.09 bits per heavy atom. The Morgan fingerprint density at radius 1 is 1.16 bits per heavy atom. The lowest BCUT2D eigenvalue weighted by molar-refractivity contribution is -0.0336. The van der Waals surface area contributed by atoms with E-state index >= 15 is 0 Å². The van der Waals surface area contributed by atoms with E-state index < -0.39 is 0 Å². The number of nitrogen functional groups attached to an aromatic ring is 1. The second-order valence-electron chi connectivity index (χ2n) is 8.21. The van der Waals surface area contributed by atoms with Crippen molar-refractivity contribution in [1.29, 1.82) is 0 Å². The second kappa shape index (κ2) is 7.56. The minimum atomic E-state index is -0.333. The monoisotopic (exact) mass is 434 g/mol. The Balaban J connectivity index is 1.48. The zero-order valence-corrected chi connectivity index (χ0v) is 17.4. The fourth-order valence-electron chi connectivity index (χ4n) is 4.74. The molecule has 0 amide bonds. The Labute approximate surface area is 183 Å². The molecular formula is C22H23FN8O. The molecular weight excluding hydrogens is 411 g/mol. The van der Waals surface area contributed by atoms with Gasteiger partial charge in [-0.2, -0.15) is 5.10 Å². The number of pyridine rings is 1. The highest BCUT2D eigenvalue weighted by Crippen LogP contribution is 2.38. The first-order valence-corrected chi connectivity index (χ1v) is 10.8. The number of hydrogen-bond donors (Lipinski definition) is 1. The van der Waals surface area contributed by atoms with E-state index in [-0.39, 0.29) is 18.1 Å². The molecule has 32 heavy (non-hydrogen) atoms. The van der Waals surface area contributed by atoms with Crippen molar-refractivity contribution in [3.05, 3.63) is 66.0 Å². The number of imidazole rings is 1. The third-order valence-corrected chi connectivity index (χ3v) is 6.26. The molecule has 2 atom stereocenters. The first-order valence-electron chi connectivity index (χ1n) is 10.8. The van der Waals surface area contributed by atoms with Gasteiger partial charge in [0.1, 0.15) is 35.2 Å². The van der Waals surface area contributed by atoms with E-state index in [0.29, 0.717) is 29.4 Å². The van der Waals surface area contributed by atoms with E-state index in [9.17, 15) is 4.39 Å². The molecule has 0 bridgehead atoms. The molecule has 0 aliphatic carbocycles. The summed E-state index contributed by atoms with van der Waals surface area (Å²) in [4.78, 5) is 15.6. The number of fused-ring (bicyclic) bond motifs is 2. The second-order valence-corrected chi connectivity index (χ2v) is 8.21. The highest BCUT2D eigenvalue weighted by Gasteiger charge is 2.36. The van der Waals surface area contributed by atoms with Crippen LogP contribution in [0, 0.1) is 5.82 Å². The number of hydrogen-bond acceptors (Lipinski definition) is 7. The smallest absolute Gasteiger partial charge is 0.148 e. The molecule has 164 valence electrons. The molecule has 1 fully saturated rings. The molecule has 1 saturated heterocycles. The minimum Gasteiger partial charge on any atom is -0.382 e. The van der Waals surface area contributed by atoms with Crippen LogP contribution in [0.3, 0.4) is 0 Å². The van der Waals surface area contributed by atoms with Crippen molar-refractivity contribution in [2.45, 2.75) is 38.0 Å². The van der Waals surface area contributed by atoms with E-state index in [0.717, 1.165) is 43.7 Å². The van der Waals surface area contributed by atoms with Crippen LogP contribution in [0.25, 0.3) is 5.52 Å². The third-order valence-electron chi connectivity index (χ3n) is 6.26. The van der Waals surface area contributed by atoms with E-state index in [1.54, 1.807) is 35.2 Å².